The highest BCUT2D eigenvalue weighted by Gasteiger charge is 2.52. The Bertz CT molecular complexity index is 1110. The maximum absolute atomic E-state index is 12.8. The molecule has 1 saturated heterocycles. The van der Waals surface area contributed by atoms with E-state index in [1.54, 1.807) is 20.8 Å². The van der Waals surface area contributed by atoms with E-state index in [-0.39, 0.29) is 24.3 Å². The molecule has 1 aromatic heterocycles. The fourth-order valence-electron chi connectivity index (χ4n) is 3.38. The Morgan fingerprint density at radius 1 is 1.36 bits per heavy atom. The molecule has 6 amide bonds. The average molecular weight is 489 g/mol. The van der Waals surface area contributed by atoms with Crippen LogP contribution in [0.25, 0.3) is 0 Å². The van der Waals surface area contributed by atoms with E-state index in [1.807, 2.05) is 0 Å². The number of nitrogens with zero attached hydrogens (tertiary/aromatic N) is 5. The Kier molecular flexibility index (Phi) is 5.99. The summed E-state index contributed by atoms with van der Waals surface area (Å²) < 4.78 is 42.0. The number of nitrogens with one attached hydrogen (secondary N) is 1. The minimum atomic E-state index is -5.05. The third kappa shape index (κ3) is 4.99. The van der Waals surface area contributed by atoms with Crippen LogP contribution in [-0.2, 0) is 19.4 Å². The summed E-state index contributed by atoms with van der Waals surface area (Å²) in [5.74, 6) is 0. The molecule has 1 aromatic rings. The van der Waals surface area contributed by atoms with E-state index in [1.165, 1.54) is 6.20 Å². The van der Waals surface area contributed by atoms with Gasteiger partial charge in [0.05, 0.1) is 18.3 Å². The van der Waals surface area contributed by atoms with Crippen LogP contribution in [0.4, 0.5) is 19.2 Å². The van der Waals surface area contributed by atoms with Crippen molar-refractivity contribution in [2.75, 3.05) is 20.1 Å². The molecule has 2 bridgehead atoms. The maximum Gasteiger partial charge on any atom is 0.418 e. The number of amides is 6. The molecule has 0 radical (unpaired) electrons. The van der Waals surface area contributed by atoms with E-state index in [9.17, 15) is 27.6 Å². The summed E-state index contributed by atoms with van der Waals surface area (Å²) in [6, 6.07) is -4.91. The van der Waals surface area contributed by atoms with Crippen molar-refractivity contribution in [2.45, 2.75) is 38.5 Å². The summed E-state index contributed by atoms with van der Waals surface area (Å²) in [7, 11) is -3.93. The van der Waals surface area contributed by atoms with Gasteiger partial charge in [0.2, 0.25) is 0 Å². The topological polar surface area (TPSA) is 207 Å². The predicted molar refractivity (Wildman–Crippen MR) is 107 cm³/mol. The molecule has 4 N–H and O–H groups in total. The van der Waals surface area contributed by atoms with Crippen LogP contribution in [0.2, 0.25) is 0 Å². The maximum atomic E-state index is 12.8. The summed E-state index contributed by atoms with van der Waals surface area (Å²) >= 11 is 0. The molecule has 16 nitrogen and oxygen atoms in total. The van der Waals surface area contributed by atoms with Gasteiger partial charge in [0.15, 0.2) is 0 Å². The Balaban J connectivity index is 1.97. The summed E-state index contributed by atoms with van der Waals surface area (Å²) in [6.07, 6.45) is 0.395. The molecule has 3 heterocycles. The minimum absolute atomic E-state index is 0.104. The molecule has 2 atom stereocenters. The van der Waals surface area contributed by atoms with Crippen LogP contribution < -0.4 is 11.1 Å². The lowest BCUT2D eigenvalue weighted by molar-refractivity contribution is -0.0317. The number of urea groups is 2. The normalized spacial score (nSPS) is 19.8. The SMILES string of the molecule is CN(C(N)=O)C(=O)n1cc2c(n1)C(CNC(=O)OC(C)(C)C)N1C[C@H]2N(OS(=O)(=O)O)C1=O. The number of fused-ring (bicyclic) bond motifs is 4. The van der Waals surface area contributed by atoms with Crippen LogP contribution in [-0.4, -0.2) is 87.5 Å². The van der Waals surface area contributed by atoms with Crippen molar-refractivity contribution >= 4 is 34.6 Å². The Morgan fingerprint density at radius 3 is 2.55 bits per heavy atom. The highest BCUT2D eigenvalue weighted by Crippen LogP contribution is 2.43. The van der Waals surface area contributed by atoms with Crippen LogP contribution in [0.3, 0.4) is 0 Å². The van der Waals surface area contributed by atoms with Crippen LogP contribution >= 0.6 is 0 Å². The molecule has 33 heavy (non-hydrogen) atoms. The molecule has 0 spiro atoms. The lowest BCUT2D eigenvalue weighted by Gasteiger charge is -2.30. The van der Waals surface area contributed by atoms with Crippen molar-refractivity contribution in [1.82, 2.24) is 30.0 Å². The van der Waals surface area contributed by atoms with Crippen molar-refractivity contribution in [3.05, 3.63) is 17.5 Å². The van der Waals surface area contributed by atoms with Gasteiger partial charge in [-0.25, -0.2) is 24.1 Å². The van der Waals surface area contributed by atoms with Crippen molar-refractivity contribution in [1.29, 1.82) is 0 Å². The highest BCUT2D eigenvalue weighted by atomic mass is 32.3. The number of carbonyl (C=O) groups excluding carboxylic acids is 4. The number of hydrogen-bond acceptors (Lipinski definition) is 9. The van der Waals surface area contributed by atoms with Crippen molar-refractivity contribution in [3.63, 3.8) is 0 Å². The number of nitrogens with two attached hydrogens (primary N) is 1. The summed E-state index contributed by atoms with van der Waals surface area (Å²) in [5.41, 5.74) is 4.65. The fraction of sp³-hybridized carbons (Fsp3) is 0.562. The predicted octanol–water partition coefficient (Wildman–Crippen LogP) is -0.0458. The Morgan fingerprint density at radius 2 is 2.00 bits per heavy atom. The van der Waals surface area contributed by atoms with E-state index >= 15 is 0 Å². The molecule has 0 aliphatic carbocycles. The third-order valence-corrected chi connectivity index (χ3v) is 5.09. The van der Waals surface area contributed by atoms with E-state index in [4.69, 9.17) is 15.0 Å². The summed E-state index contributed by atoms with van der Waals surface area (Å²) in [5, 5.41) is 7.05. The van der Waals surface area contributed by atoms with Gasteiger partial charge in [-0.2, -0.15) is 23.3 Å². The molecular formula is C16H23N7O9S. The standard InChI is InChI=1S/C16H23N7O9S/c1-16(2,3)31-13(25)18-5-9-11-8(6-22(19-11)14(26)20(4)12(17)24)10-7-21(9)15(27)23(10)32-33(28,29)30/h6,9-10H,5,7H2,1-4H3,(H2,17,24)(H,18,25)(H,28,29,30)/t9?,10-/m1/s1. The molecule has 1 fully saturated rings. The number of primary amides is 1. The van der Waals surface area contributed by atoms with Gasteiger partial charge >= 0.3 is 34.6 Å². The van der Waals surface area contributed by atoms with Crippen molar-refractivity contribution in [3.8, 4) is 0 Å². The zero-order valence-corrected chi connectivity index (χ0v) is 18.9. The molecule has 2 aliphatic rings. The van der Waals surface area contributed by atoms with E-state index in [0.29, 0.717) is 9.96 Å². The molecule has 0 aromatic carbocycles. The number of imide groups is 1. The molecule has 1 unspecified atom stereocenters. The number of carbonyl (C=O) groups is 4. The van der Waals surface area contributed by atoms with Gasteiger partial charge in [-0.05, 0) is 20.8 Å². The number of aromatic nitrogens is 2. The lowest BCUT2D eigenvalue weighted by Crippen LogP contribution is -2.43. The first-order valence-corrected chi connectivity index (χ1v) is 10.9. The molecular weight excluding hydrogens is 466 g/mol. The molecule has 2 aliphatic heterocycles. The summed E-state index contributed by atoms with van der Waals surface area (Å²) in [4.78, 5) is 50.4. The largest absolute Gasteiger partial charge is 0.444 e. The van der Waals surface area contributed by atoms with Crippen LogP contribution in [0.15, 0.2) is 6.20 Å². The third-order valence-electron chi connectivity index (χ3n) is 4.74. The second-order valence-corrected chi connectivity index (χ2v) is 9.28. The van der Waals surface area contributed by atoms with Gasteiger partial charge in [0, 0.05) is 25.4 Å². The molecule has 0 saturated carbocycles. The fourth-order valence-corrected chi connectivity index (χ4v) is 3.75. The minimum Gasteiger partial charge on any atom is -0.444 e. The first-order chi connectivity index (χ1) is 15.1. The number of hydroxylamine groups is 2. The molecule has 17 heteroatoms. The monoisotopic (exact) mass is 489 g/mol. The van der Waals surface area contributed by atoms with Gasteiger partial charge in [0.25, 0.3) is 0 Å². The quantitative estimate of drug-likeness (QED) is 0.481. The lowest BCUT2D eigenvalue weighted by atomic mass is 9.98. The Labute approximate surface area is 188 Å². The van der Waals surface area contributed by atoms with Crippen LogP contribution in [0, 0.1) is 0 Å². The van der Waals surface area contributed by atoms with Crippen LogP contribution in [0.5, 0.6) is 0 Å². The first-order valence-electron chi connectivity index (χ1n) is 9.49. The number of alkyl carbamates (subject to hydrolysis) is 1. The second-order valence-electron chi connectivity index (χ2n) is 8.27. The van der Waals surface area contributed by atoms with Gasteiger partial charge in [-0.3, -0.25) is 4.55 Å². The van der Waals surface area contributed by atoms with Gasteiger partial charge in [-0.15, -0.1) is 4.28 Å². The van der Waals surface area contributed by atoms with Gasteiger partial charge < -0.3 is 20.7 Å². The zero-order valence-electron chi connectivity index (χ0n) is 18.1. The molecule has 3 rings (SSSR count). The van der Waals surface area contributed by atoms with E-state index < -0.39 is 52.3 Å². The van der Waals surface area contributed by atoms with Gasteiger partial charge in [0.1, 0.15) is 11.6 Å². The van der Waals surface area contributed by atoms with E-state index in [2.05, 4.69) is 14.7 Å². The average Bonchev–Trinajstić information content (AvgIpc) is 3.21. The number of rotatable bonds is 4. The summed E-state index contributed by atoms with van der Waals surface area (Å²) in [6.45, 7) is 4.66. The van der Waals surface area contributed by atoms with Crippen molar-refractivity contribution in [2.24, 2.45) is 5.73 Å². The van der Waals surface area contributed by atoms with E-state index in [0.717, 1.165) is 16.6 Å². The first kappa shape index (κ1) is 24.2. The smallest absolute Gasteiger partial charge is 0.418 e. The van der Waals surface area contributed by atoms with Gasteiger partial charge in [-0.1, -0.05) is 0 Å². The molecule has 182 valence electrons. The van der Waals surface area contributed by atoms with Crippen LogP contribution in [0.1, 0.15) is 44.1 Å². The number of ether oxygens (including phenoxy) is 1. The highest BCUT2D eigenvalue weighted by molar-refractivity contribution is 7.80. The number of hydrogen-bond donors (Lipinski definition) is 3. The Hall–Kier alpha value is -3.44. The zero-order chi connectivity index (χ0) is 24.9. The van der Waals surface area contributed by atoms with Crippen molar-refractivity contribution < 1.29 is 41.2 Å². The second kappa shape index (κ2) is 8.16.